The second-order valence-electron chi connectivity index (χ2n) is 5.02. The third kappa shape index (κ3) is 6.89. The number of sulfonamides is 1. The van der Waals surface area contributed by atoms with E-state index >= 15 is 0 Å². The van der Waals surface area contributed by atoms with Crippen molar-refractivity contribution >= 4 is 55.1 Å². The standard InChI is InChI=1S/C13H14BrFN6O4S2/c14-8-5-7(1-2-9(8)15)19-12(16)11-13(21-25-20-11)26-4-3-18-10(22)6-27(17,23)24/h1-2,5H,3-4,6H2,(H2,16,19)(H,18,22)(H2,17,23,24). The highest BCUT2D eigenvalue weighted by Crippen LogP contribution is 2.24. The van der Waals surface area contributed by atoms with Crippen LogP contribution in [0.15, 0.2) is 37.3 Å². The highest BCUT2D eigenvalue weighted by molar-refractivity contribution is 9.10. The number of rotatable bonds is 8. The number of carbonyl (C=O) groups is 1. The average Bonchev–Trinajstić information content (AvgIpc) is 3.02. The zero-order chi connectivity index (χ0) is 20.0. The number of primary sulfonamides is 1. The first-order valence-electron chi connectivity index (χ1n) is 7.18. The van der Waals surface area contributed by atoms with Crippen molar-refractivity contribution in [1.82, 2.24) is 15.6 Å². The summed E-state index contributed by atoms with van der Waals surface area (Å²) >= 11 is 4.22. The number of nitrogens with two attached hydrogens (primary N) is 2. The van der Waals surface area contributed by atoms with Crippen molar-refractivity contribution in [3.8, 4) is 0 Å². The lowest BCUT2D eigenvalue weighted by molar-refractivity contribution is -0.118. The number of nitrogens with zero attached hydrogens (tertiary/aromatic N) is 3. The Morgan fingerprint density at radius 2 is 2.15 bits per heavy atom. The fourth-order valence-corrected chi connectivity index (χ4v) is 3.35. The van der Waals surface area contributed by atoms with Gasteiger partial charge in [-0.1, -0.05) is 11.8 Å². The zero-order valence-corrected chi connectivity index (χ0v) is 16.8. The molecule has 0 aliphatic rings. The molecule has 146 valence electrons. The van der Waals surface area contributed by atoms with Crippen LogP contribution in [0.1, 0.15) is 5.69 Å². The molecule has 10 nitrogen and oxygen atoms in total. The fraction of sp³-hybridized carbons (Fsp3) is 0.231. The SMILES string of the molecule is NC(=Nc1ccc(F)c(Br)c1)c1nonc1SCCNC(=O)CS(N)(=O)=O. The summed E-state index contributed by atoms with van der Waals surface area (Å²) in [4.78, 5) is 15.5. The van der Waals surface area contributed by atoms with Crippen molar-refractivity contribution in [3.05, 3.63) is 34.2 Å². The number of aromatic nitrogens is 2. The van der Waals surface area contributed by atoms with Crippen molar-refractivity contribution in [3.63, 3.8) is 0 Å². The monoisotopic (exact) mass is 480 g/mol. The number of halogens is 2. The molecule has 0 spiro atoms. The Labute approximate surface area is 166 Å². The number of amides is 1. The Kier molecular flexibility index (Phi) is 7.29. The maximum Gasteiger partial charge on any atom is 0.236 e. The molecule has 2 rings (SSSR count). The lowest BCUT2D eigenvalue weighted by Crippen LogP contribution is -2.34. The van der Waals surface area contributed by atoms with Gasteiger partial charge >= 0.3 is 0 Å². The second kappa shape index (κ2) is 9.25. The number of amidine groups is 1. The Morgan fingerprint density at radius 3 is 2.81 bits per heavy atom. The minimum Gasteiger partial charge on any atom is -0.382 e. The number of carbonyl (C=O) groups excluding carboxylic acids is 1. The molecule has 1 heterocycles. The summed E-state index contributed by atoms with van der Waals surface area (Å²) in [5.74, 6) is -1.58. The van der Waals surface area contributed by atoms with Crippen LogP contribution in [0.3, 0.4) is 0 Å². The first-order chi connectivity index (χ1) is 12.7. The molecule has 0 fully saturated rings. The van der Waals surface area contributed by atoms with Crippen LogP contribution in [0.4, 0.5) is 10.1 Å². The summed E-state index contributed by atoms with van der Waals surface area (Å²) in [6, 6.07) is 4.12. The third-order valence-electron chi connectivity index (χ3n) is 2.85. The Balaban J connectivity index is 1.95. The topological polar surface area (TPSA) is 167 Å². The van der Waals surface area contributed by atoms with Gasteiger partial charge in [-0.2, -0.15) is 0 Å². The van der Waals surface area contributed by atoms with Gasteiger partial charge in [-0.25, -0.2) is 27.6 Å². The first-order valence-corrected chi connectivity index (χ1v) is 10.7. The van der Waals surface area contributed by atoms with E-state index in [1.54, 1.807) is 0 Å². The van der Waals surface area contributed by atoms with E-state index in [1.807, 2.05) is 0 Å². The smallest absolute Gasteiger partial charge is 0.236 e. The molecule has 5 N–H and O–H groups in total. The Hall–Kier alpha value is -2.03. The molecule has 0 radical (unpaired) electrons. The normalized spacial score (nSPS) is 12.2. The van der Waals surface area contributed by atoms with Gasteiger partial charge in [0.05, 0.1) is 10.2 Å². The van der Waals surface area contributed by atoms with E-state index in [0.717, 1.165) is 0 Å². The molecule has 0 saturated carbocycles. The summed E-state index contributed by atoms with van der Waals surface area (Å²) in [7, 11) is -3.87. The van der Waals surface area contributed by atoms with E-state index in [9.17, 15) is 17.6 Å². The van der Waals surface area contributed by atoms with Crippen LogP contribution in [0.5, 0.6) is 0 Å². The van der Waals surface area contributed by atoms with Crippen LogP contribution in [-0.2, 0) is 14.8 Å². The average molecular weight is 481 g/mol. The number of hydrogen-bond acceptors (Lipinski definition) is 8. The number of aliphatic imine (C=N–C) groups is 1. The zero-order valence-electron chi connectivity index (χ0n) is 13.6. The van der Waals surface area contributed by atoms with E-state index in [4.69, 9.17) is 10.9 Å². The summed E-state index contributed by atoms with van der Waals surface area (Å²) in [5.41, 5.74) is 6.49. The van der Waals surface area contributed by atoms with Crippen LogP contribution in [0, 0.1) is 5.82 Å². The molecule has 27 heavy (non-hydrogen) atoms. The highest BCUT2D eigenvalue weighted by atomic mass is 79.9. The quantitative estimate of drug-likeness (QED) is 0.212. The maximum atomic E-state index is 13.3. The van der Waals surface area contributed by atoms with Gasteiger partial charge in [-0.05, 0) is 44.4 Å². The predicted molar refractivity (Wildman–Crippen MR) is 100 cm³/mol. The Morgan fingerprint density at radius 1 is 1.41 bits per heavy atom. The molecule has 1 amide bonds. The van der Waals surface area contributed by atoms with Crippen molar-refractivity contribution in [2.24, 2.45) is 15.9 Å². The molecule has 14 heteroatoms. The number of nitrogens with one attached hydrogen (secondary N) is 1. The number of thioether (sulfide) groups is 1. The maximum absolute atomic E-state index is 13.3. The predicted octanol–water partition coefficient (Wildman–Crippen LogP) is 0.505. The molecule has 1 aromatic carbocycles. The van der Waals surface area contributed by atoms with Gasteiger partial charge in [0.15, 0.2) is 16.6 Å². The van der Waals surface area contributed by atoms with Gasteiger partial charge < -0.3 is 11.1 Å². The van der Waals surface area contributed by atoms with Gasteiger partial charge in [0, 0.05) is 12.3 Å². The van der Waals surface area contributed by atoms with E-state index in [2.05, 4.69) is 41.2 Å². The minimum atomic E-state index is -3.87. The molecular formula is C13H14BrFN6O4S2. The summed E-state index contributed by atoms with van der Waals surface area (Å²) in [6.07, 6.45) is 0. The van der Waals surface area contributed by atoms with Gasteiger partial charge in [0.1, 0.15) is 11.6 Å². The van der Waals surface area contributed by atoms with Crippen LogP contribution in [0.25, 0.3) is 0 Å². The number of hydrogen-bond donors (Lipinski definition) is 3. The van der Waals surface area contributed by atoms with Gasteiger partial charge in [0.2, 0.25) is 15.9 Å². The van der Waals surface area contributed by atoms with E-state index < -0.39 is 27.5 Å². The molecule has 2 aromatic rings. The van der Waals surface area contributed by atoms with Gasteiger partial charge in [-0.3, -0.25) is 4.79 Å². The van der Waals surface area contributed by atoms with E-state index in [0.29, 0.717) is 16.5 Å². The molecule has 0 saturated heterocycles. The van der Waals surface area contributed by atoms with Crippen LogP contribution in [-0.4, -0.2) is 48.5 Å². The number of benzene rings is 1. The Bertz CT molecular complexity index is 965. The first kappa shape index (κ1) is 21.3. The largest absolute Gasteiger partial charge is 0.382 e. The van der Waals surface area contributed by atoms with Crippen molar-refractivity contribution < 1.29 is 22.2 Å². The molecule has 0 bridgehead atoms. The third-order valence-corrected chi connectivity index (χ3v) is 5.07. The van der Waals surface area contributed by atoms with E-state index in [1.165, 1.54) is 30.0 Å². The lowest BCUT2D eigenvalue weighted by atomic mass is 10.3. The minimum absolute atomic E-state index is 0.00974. The highest BCUT2D eigenvalue weighted by Gasteiger charge is 2.16. The molecule has 1 aromatic heterocycles. The van der Waals surface area contributed by atoms with Crippen molar-refractivity contribution in [2.45, 2.75) is 5.03 Å². The molecule has 0 atom stereocenters. The van der Waals surface area contributed by atoms with Crippen LogP contribution in [0.2, 0.25) is 0 Å². The molecule has 0 unspecified atom stereocenters. The second-order valence-corrected chi connectivity index (χ2v) is 8.57. The summed E-state index contributed by atoms with van der Waals surface area (Å²) in [6.45, 7) is 0.160. The lowest BCUT2D eigenvalue weighted by Gasteiger charge is -2.03. The fourth-order valence-electron chi connectivity index (χ4n) is 1.75. The van der Waals surface area contributed by atoms with E-state index in [-0.39, 0.29) is 22.5 Å². The summed E-state index contributed by atoms with van der Waals surface area (Å²) < 4.78 is 39.8. The van der Waals surface area contributed by atoms with Crippen LogP contribution < -0.4 is 16.2 Å². The van der Waals surface area contributed by atoms with Crippen molar-refractivity contribution in [2.75, 3.05) is 18.1 Å². The van der Waals surface area contributed by atoms with Crippen molar-refractivity contribution in [1.29, 1.82) is 0 Å². The molecular weight excluding hydrogens is 467 g/mol. The van der Waals surface area contributed by atoms with Crippen LogP contribution >= 0.6 is 27.7 Å². The molecule has 0 aliphatic heterocycles. The van der Waals surface area contributed by atoms with Gasteiger partial charge in [0.25, 0.3) is 0 Å². The summed E-state index contributed by atoms with van der Waals surface area (Å²) in [5, 5.41) is 14.9. The van der Waals surface area contributed by atoms with Gasteiger partial charge in [-0.15, -0.1) is 0 Å². The molecule has 0 aliphatic carbocycles.